The minimum atomic E-state index is -6.42. The molecule has 12 N–H and O–H groups in total. The van der Waals surface area contributed by atoms with Gasteiger partial charge in [0.25, 0.3) is 0 Å². The van der Waals surface area contributed by atoms with Crippen LogP contribution in [0, 0.1) is 0 Å². The van der Waals surface area contributed by atoms with Crippen molar-refractivity contribution in [3.8, 4) is 0 Å². The molecular weight excluding hydrogens is 1460 g/mol. The third-order valence-corrected chi connectivity index (χ3v) is 26.8. The van der Waals surface area contributed by atoms with E-state index in [4.69, 9.17) is 72.1 Å². The summed E-state index contributed by atoms with van der Waals surface area (Å²) in [5, 5.41) is 61.6. The van der Waals surface area contributed by atoms with Crippen molar-refractivity contribution in [1.29, 1.82) is 0 Å². The molecule has 20 atom stereocenters. The fourth-order valence-corrected chi connectivity index (χ4v) is 21.7. The molecule has 10 fully saturated rings. The number of ether oxygens (including phenoxy) is 3. The number of anilines is 3. The molecule has 0 saturated carbocycles. The maximum atomic E-state index is 14.3. The first-order valence-corrected chi connectivity index (χ1v) is 36.9. The van der Waals surface area contributed by atoms with Crippen molar-refractivity contribution in [3.63, 3.8) is 0 Å². The summed E-state index contributed by atoms with van der Waals surface area (Å²) >= 11 is 0. The summed E-state index contributed by atoms with van der Waals surface area (Å²) in [4.78, 5) is 47.7. The zero-order valence-corrected chi connectivity index (χ0v) is 51.2. The molecule has 64 heteroatoms. The van der Waals surface area contributed by atoms with Crippen LogP contribution in [0.1, 0.15) is 18.7 Å². The number of aliphatic hydroxyl groups is 6. The highest BCUT2D eigenvalue weighted by Crippen LogP contribution is 2.84. The number of rotatable bonds is 20. The van der Waals surface area contributed by atoms with E-state index in [1.54, 1.807) is 0 Å². The molecule has 0 amide bonds. The summed E-state index contributed by atoms with van der Waals surface area (Å²) < 4.78 is 240. The maximum absolute atomic E-state index is 14.3. The van der Waals surface area contributed by atoms with E-state index in [1.165, 1.54) is 0 Å². The number of phosphoric acid groups is 9. The molecule has 4 bridgehead atoms. The van der Waals surface area contributed by atoms with Crippen molar-refractivity contribution < 1.29 is 181 Å². The molecule has 3 aromatic heterocycles. The van der Waals surface area contributed by atoms with E-state index < -0.39 is 197 Å². The first-order valence-electron chi connectivity index (χ1n) is 23.7. The van der Waals surface area contributed by atoms with Gasteiger partial charge in [-0.1, -0.05) is 0 Å². The Morgan fingerprint density at radius 1 is 0.462 bits per heavy atom. The lowest BCUT2D eigenvalue weighted by Crippen LogP contribution is -2.38. The Bertz CT molecular complexity index is 4020. The number of nitrogen functional groups attached to an aromatic ring is 3. The Morgan fingerprint density at radius 2 is 0.846 bits per heavy atom. The van der Waals surface area contributed by atoms with Crippen LogP contribution >= 0.6 is 70.4 Å². The molecule has 55 nitrogen and oxygen atoms in total. The van der Waals surface area contributed by atoms with Gasteiger partial charge in [-0.25, -0.2) is 55.5 Å². The van der Waals surface area contributed by atoms with Gasteiger partial charge in [-0.15, -0.1) is 55.5 Å². The summed E-state index contributed by atoms with van der Waals surface area (Å²) in [5.41, 5.74) is 13.2. The van der Waals surface area contributed by atoms with E-state index >= 15 is 0 Å². The standard InChI is InChI=1S/C27H36N13O42P9/c28-13-1-4-34(25(47)31-13)22-19(44)16(41)10(62-22)7-59-83(50,77-91(58)76-40-72-88(55,73-40)82-91)65-37-68-86(53,69-37)80-89(56)74-38(66-84(51,78-89)60-8-11-17(42)20(45)23(63-11)35-5-2-14(29)32-26(35)48)70-87(54)71-39-67-85(52,79-90(57,75-39)81-87)61-9-12-18(43)21(46)24(64-12)36-6-3-15(30)33-27(36)49/h1-6,10-12,16-24,41-46H,7-9H2,(H2,28,31,47)(H2,29,32,48)(H2,30,33,49)/t10-,11-,12-,16-,17-,18-,19-,20-,21-,22-,23-,24-,83?,84?,85?,87?,89?,90?,91?/m1/s1. The molecule has 0 aromatic carbocycles. The van der Waals surface area contributed by atoms with Gasteiger partial charge in [-0.2, -0.15) is 40.8 Å². The van der Waals surface area contributed by atoms with Gasteiger partial charge >= 0.3 is 87.5 Å². The van der Waals surface area contributed by atoms with Crippen LogP contribution in [0.5, 0.6) is 0 Å². The van der Waals surface area contributed by atoms with Crippen LogP contribution in [0.25, 0.3) is 0 Å². The second-order valence-electron chi connectivity index (χ2n) is 18.0. The molecular formula is C27H36N13O42P9. The fourth-order valence-electron chi connectivity index (χ4n) is 7.94. The molecule has 0 aliphatic carbocycles. The van der Waals surface area contributed by atoms with Crippen molar-refractivity contribution in [2.24, 2.45) is 0 Å². The van der Waals surface area contributed by atoms with Crippen LogP contribution in [-0.2, 0) is 150 Å². The number of aromatic nitrogens is 6. The topological polar surface area (TPSA) is 692 Å². The van der Waals surface area contributed by atoms with Gasteiger partial charge in [0.2, 0.25) is 0 Å². The maximum Gasteiger partial charge on any atom is 0.524 e. The molecule has 10 saturated heterocycles. The summed E-state index contributed by atoms with van der Waals surface area (Å²) in [7, 11) is -52.4. The Kier molecular flexibility index (Phi) is 18.1. The van der Waals surface area contributed by atoms with Crippen LogP contribution in [0.2, 0.25) is 0 Å². The van der Waals surface area contributed by atoms with Gasteiger partial charge in [0, 0.05) is 18.6 Å². The van der Waals surface area contributed by atoms with E-state index in [0.717, 1.165) is 36.8 Å². The number of nitrogens with two attached hydrogens (primary N) is 3. The van der Waals surface area contributed by atoms with Crippen LogP contribution in [0.15, 0.2) is 51.2 Å². The number of nitrogens with zero attached hydrogens (tertiary/aromatic N) is 10. The molecule has 91 heavy (non-hydrogen) atoms. The second-order valence-corrected chi connectivity index (χ2v) is 32.7. The van der Waals surface area contributed by atoms with E-state index in [0.29, 0.717) is 13.7 Å². The Hall–Kier alpha value is -3.25. The minimum Gasteiger partial charge on any atom is -0.387 e. The average molecular weight is 1490 g/mol. The highest BCUT2D eigenvalue weighted by atomic mass is 31.3. The fraction of sp³-hybridized carbons (Fsp3) is 0.556. The van der Waals surface area contributed by atoms with Crippen LogP contribution in [-0.4, -0.2) is 156 Å². The van der Waals surface area contributed by atoms with Gasteiger partial charge in [0.05, 0.1) is 19.8 Å². The minimum absolute atomic E-state index is 0.230. The SMILES string of the molecule is Nc1ccn([C@@H]2O[C@H](COP3(=O)ON(OP4(=O)ON5OP(=O)(OC[C@H]6O[C@@H](n7ccc(N)nc7=O)[C@H](O)[C@@H]6O)OP(=O)(O5)O4)OP(=O)(OP4(=O)ON(OP(=O)(OC[C@H]5O[C@@H](n6ccc(N)nc6=O)[C@H](O)[C@@H]5O)OP5(=O)ON6OP(=O)(O6)O5)O4)O3)[C@@H](O)[C@H]2O)c(=O)n1. The number of fused-ring (bicyclic) bond motifs is 4. The van der Waals surface area contributed by atoms with Crippen molar-refractivity contribution >= 4 is 87.9 Å². The molecule has 13 rings (SSSR count). The molecule has 0 spiro atoms. The van der Waals surface area contributed by atoms with E-state index in [-0.39, 0.29) is 22.8 Å². The lowest BCUT2D eigenvalue weighted by Gasteiger charge is -2.40. The molecule has 13 heterocycles. The molecule has 0 radical (unpaired) electrons. The molecule has 8 unspecified atom stereocenters. The van der Waals surface area contributed by atoms with E-state index in [2.05, 4.69) is 69.2 Å². The van der Waals surface area contributed by atoms with Crippen molar-refractivity contribution in [2.75, 3.05) is 37.0 Å². The molecule has 506 valence electrons. The Morgan fingerprint density at radius 3 is 1.31 bits per heavy atom. The van der Waals surface area contributed by atoms with Gasteiger partial charge in [0.1, 0.15) is 93.9 Å². The zero-order valence-electron chi connectivity index (χ0n) is 43.1. The lowest BCUT2D eigenvalue weighted by atomic mass is 10.1. The van der Waals surface area contributed by atoms with Crippen molar-refractivity contribution in [3.05, 3.63) is 68.2 Å². The normalized spacial score (nSPS) is 43.6. The largest absolute Gasteiger partial charge is 0.524 e. The first-order chi connectivity index (χ1) is 42.4. The number of hydrogen-bond donors (Lipinski definition) is 9. The van der Waals surface area contributed by atoms with Gasteiger partial charge < -0.3 is 62.1 Å². The number of hydrogen-bond acceptors (Lipinski definition) is 52. The van der Waals surface area contributed by atoms with Crippen LogP contribution < -0.4 is 34.3 Å². The highest BCUT2D eigenvalue weighted by Gasteiger charge is 2.68. The zero-order chi connectivity index (χ0) is 65.4. The smallest absolute Gasteiger partial charge is 0.387 e. The monoisotopic (exact) mass is 1490 g/mol. The van der Waals surface area contributed by atoms with Gasteiger partial charge in [0.15, 0.2) is 18.7 Å². The summed E-state index contributed by atoms with van der Waals surface area (Å²) in [6, 6.07) is 3.28. The van der Waals surface area contributed by atoms with Crippen molar-refractivity contribution in [2.45, 2.75) is 73.6 Å². The number of aliphatic hydroxyl groups excluding tert-OH is 6. The van der Waals surface area contributed by atoms with Gasteiger partial charge in [-0.3, -0.25) is 27.3 Å². The van der Waals surface area contributed by atoms with Crippen LogP contribution in [0.3, 0.4) is 0 Å². The molecule has 10 aliphatic heterocycles. The quantitative estimate of drug-likeness (QED) is 0.0550. The first kappa shape index (κ1) is 67.7. The predicted octanol–water partition coefficient (Wildman–Crippen LogP) is -2.05. The molecule has 3 aromatic rings. The summed E-state index contributed by atoms with van der Waals surface area (Å²) in [5.74, 6) is -0.793. The predicted molar refractivity (Wildman–Crippen MR) is 260 cm³/mol. The Labute approximate surface area is 496 Å². The van der Waals surface area contributed by atoms with E-state index in [9.17, 15) is 86.1 Å². The third-order valence-electron chi connectivity index (χ3n) is 11.8. The second kappa shape index (κ2) is 24.4. The van der Waals surface area contributed by atoms with E-state index in [1.807, 2.05) is 0 Å². The average Bonchev–Trinajstić information content (AvgIpc) is 1.67. The summed E-state index contributed by atoms with van der Waals surface area (Å²) in [6.45, 7) is -3.87. The lowest BCUT2D eigenvalue weighted by molar-refractivity contribution is -0.496. The van der Waals surface area contributed by atoms with Crippen LogP contribution in [0.4, 0.5) is 17.5 Å². The highest BCUT2D eigenvalue weighted by molar-refractivity contribution is 7.70. The van der Waals surface area contributed by atoms with Gasteiger partial charge in [-0.05, 0) is 18.2 Å². The molecule has 10 aliphatic rings. The van der Waals surface area contributed by atoms with Crippen molar-refractivity contribution in [1.82, 2.24) is 50.2 Å². The third kappa shape index (κ3) is 14.2. The Balaban J connectivity index is 0.743. The summed E-state index contributed by atoms with van der Waals surface area (Å²) in [6.07, 6.45) is -20.0.